The minimum Gasteiger partial charge on any atom is -0.493 e. The Bertz CT molecular complexity index is 1130. The third-order valence-corrected chi connectivity index (χ3v) is 5.31. The lowest BCUT2D eigenvalue weighted by Gasteiger charge is -2.13. The van der Waals surface area contributed by atoms with E-state index >= 15 is 0 Å². The summed E-state index contributed by atoms with van der Waals surface area (Å²) < 4.78 is 47.5. The van der Waals surface area contributed by atoms with Gasteiger partial charge in [0, 0.05) is 0 Å². The molecule has 0 aromatic heterocycles. The van der Waals surface area contributed by atoms with E-state index in [2.05, 4.69) is 5.10 Å². The van der Waals surface area contributed by atoms with Gasteiger partial charge < -0.3 is 14.2 Å². The molecular formula is C20H20N2O7S. The number of anilines is 1. The summed E-state index contributed by atoms with van der Waals surface area (Å²) in [5.41, 5.74) is 1.83. The van der Waals surface area contributed by atoms with Crippen molar-refractivity contribution in [2.24, 2.45) is 5.10 Å². The number of hydrogen-bond acceptors (Lipinski definition) is 7. The molecule has 0 radical (unpaired) electrons. The zero-order valence-electron chi connectivity index (χ0n) is 16.7. The molecule has 1 amide bonds. The van der Waals surface area contributed by atoms with Crippen molar-refractivity contribution in [3.05, 3.63) is 47.5 Å². The van der Waals surface area contributed by atoms with Crippen LogP contribution in [0.2, 0.25) is 0 Å². The molecule has 0 aliphatic carbocycles. The van der Waals surface area contributed by atoms with Gasteiger partial charge in [0.2, 0.25) is 5.75 Å². The Kier molecular flexibility index (Phi) is 5.81. The Morgan fingerprint density at radius 2 is 1.57 bits per heavy atom. The molecule has 1 aliphatic heterocycles. The van der Waals surface area contributed by atoms with Gasteiger partial charge in [0.05, 0.1) is 43.2 Å². The van der Waals surface area contributed by atoms with Crippen molar-refractivity contribution in [2.45, 2.75) is 11.8 Å². The van der Waals surface area contributed by atoms with Crippen LogP contribution in [0.1, 0.15) is 12.5 Å². The molecule has 1 N–H and O–H groups in total. The SMILES string of the molecule is COc1cc(/C=C2\C(=O)N(c3ccc(S(=O)(=O)O)cc3)N=C2C)cc(OC)c1OC. The minimum absolute atomic E-state index is 0.271. The summed E-state index contributed by atoms with van der Waals surface area (Å²) >= 11 is 0. The van der Waals surface area contributed by atoms with Gasteiger partial charge in [-0.05, 0) is 55.0 Å². The summed E-state index contributed by atoms with van der Waals surface area (Å²) in [6, 6.07) is 8.59. The molecule has 2 aromatic carbocycles. The second kappa shape index (κ2) is 8.17. The third-order valence-electron chi connectivity index (χ3n) is 4.44. The predicted molar refractivity (Wildman–Crippen MR) is 111 cm³/mol. The zero-order valence-corrected chi connectivity index (χ0v) is 17.6. The Balaban J connectivity index is 1.97. The van der Waals surface area contributed by atoms with E-state index < -0.39 is 10.1 Å². The lowest BCUT2D eigenvalue weighted by atomic mass is 10.1. The van der Waals surface area contributed by atoms with Crippen molar-refractivity contribution in [1.29, 1.82) is 0 Å². The molecule has 0 atom stereocenters. The van der Waals surface area contributed by atoms with Crippen LogP contribution in [0.4, 0.5) is 5.69 Å². The molecule has 10 heteroatoms. The topological polar surface area (TPSA) is 115 Å². The summed E-state index contributed by atoms with van der Waals surface area (Å²) in [7, 11) is 0.178. The lowest BCUT2D eigenvalue weighted by Crippen LogP contribution is -2.21. The summed E-state index contributed by atoms with van der Waals surface area (Å²) in [5, 5.41) is 5.42. The third kappa shape index (κ3) is 4.00. The molecule has 3 rings (SSSR count). The van der Waals surface area contributed by atoms with E-state index in [0.29, 0.717) is 39.8 Å². The van der Waals surface area contributed by atoms with Gasteiger partial charge in [-0.2, -0.15) is 18.5 Å². The largest absolute Gasteiger partial charge is 0.493 e. The average molecular weight is 432 g/mol. The molecule has 0 saturated carbocycles. The zero-order chi connectivity index (χ0) is 22.1. The molecule has 9 nitrogen and oxygen atoms in total. The number of carbonyl (C=O) groups excluding carboxylic acids is 1. The summed E-state index contributed by atoms with van der Waals surface area (Å²) in [5.74, 6) is 0.939. The number of ether oxygens (including phenoxy) is 3. The number of nitrogens with zero attached hydrogens (tertiary/aromatic N) is 2. The standard InChI is InChI=1S/C20H20N2O7S/c1-12-16(9-13-10-17(27-2)19(29-4)18(11-13)28-3)20(23)22(21-12)14-5-7-15(8-6-14)30(24,25)26/h5-11H,1-4H3,(H,24,25,26)/b16-9-. The molecule has 1 aliphatic rings. The molecule has 0 spiro atoms. The van der Waals surface area contributed by atoms with Crippen molar-refractivity contribution in [1.82, 2.24) is 0 Å². The molecule has 1 heterocycles. The van der Waals surface area contributed by atoms with Crippen LogP contribution in [-0.4, -0.2) is 45.9 Å². The van der Waals surface area contributed by atoms with Crippen molar-refractivity contribution in [3.63, 3.8) is 0 Å². The van der Waals surface area contributed by atoms with Crippen LogP contribution in [0.15, 0.2) is 52.0 Å². The Labute approximate surface area is 173 Å². The van der Waals surface area contributed by atoms with E-state index in [9.17, 15) is 13.2 Å². The van der Waals surface area contributed by atoms with Crippen molar-refractivity contribution < 1.29 is 32.0 Å². The number of carbonyl (C=O) groups is 1. The summed E-state index contributed by atoms with van der Waals surface area (Å²) in [4.78, 5) is 12.7. The smallest absolute Gasteiger partial charge is 0.294 e. The first-order chi connectivity index (χ1) is 14.2. The summed E-state index contributed by atoms with van der Waals surface area (Å²) in [6.07, 6.45) is 1.65. The molecule has 158 valence electrons. The normalized spacial score (nSPS) is 15.4. The molecule has 0 unspecified atom stereocenters. The molecule has 2 aromatic rings. The van der Waals surface area contributed by atoms with E-state index in [1.807, 2.05) is 0 Å². The van der Waals surface area contributed by atoms with Gasteiger partial charge in [0.25, 0.3) is 16.0 Å². The van der Waals surface area contributed by atoms with Crippen LogP contribution in [0.5, 0.6) is 17.2 Å². The number of rotatable bonds is 6. The first-order valence-corrected chi connectivity index (χ1v) is 10.1. The second-order valence-corrected chi connectivity index (χ2v) is 7.71. The molecule has 0 bridgehead atoms. The van der Waals surface area contributed by atoms with Crippen LogP contribution in [-0.2, 0) is 14.9 Å². The average Bonchev–Trinajstić information content (AvgIpc) is 3.00. The molecular weight excluding hydrogens is 412 g/mol. The van der Waals surface area contributed by atoms with Crippen molar-refractivity contribution in [2.75, 3.05) is 26.3 Å². The summed E-state index contributed by atoms with van der Waals surface area (Å²) in [6.45, 7) is 1.69. The first kappa shape index (κ1) is 21.3. The van der Waals surface area contributed by atoms with Crippen LogP contribution >= 0.6 is 0 Å². The fourth-order valence-electron chi connectivity index (χ4n) is 2.97. The Hall–Kier alpha value is -3.37. The lowest BCUT2D eigenvalue weighted by molar-refractivity contribution is -0.114. The number of hydrazone groups is 1. The van der Waals surface area contributed by atoms with Crippen LogP contribution in [0, 0.1) is 0 Å². The van der Waals surface area contributed by atoms with E-state index in [0.717, 1.165) is 5.01 Å². The highest BCUT2D eigenvalue weighted by Crippen LogP contribution is 2.39. The van der Waals surface area contributed by atoms with Gasteiger partial charge in [-0.25, -0.2) is 0 Å². The number of benzene rings is 2. The number of hydrogen-bond donors (Lipinski definition) is 1. The predicted octanol–water partition coefficient (Wildman–Crippen LogP) is 2.77. The number of methoxy groups -OCH3 is 3. The molecule has 0 saturated heterocycles. The highest BCUT2D eigenvalue weighted by atomic mass is 32.2. The highest BCUT2D eigenvalue weighted by Gasteiger charge is 2.29. The fourth-order valence-corrected chi connectivity index (χ4v) is 3.45. The van der Waals surface area contributed by atoms with E-state index in [-0.39, 0.29) is 10.8 Å². The molecule has 30 heavy (non-hydrogen) atoms. The quantitative estimate of drug-likeness (QED) is 0.551. The maximum Gasteiger partial charge on any atom is 0.294 e. The van der Waals surface area contributed by atoms with Crippen molar-refractivity contribution >= 4 is 33.5 Å². The highest BCUT2D eigenvalue weighted by molar-refractivity contribution is 7.85. The van der Waals surface area contributed by atoms with Gasteiger partial charge in [0.1, 0.15) is 0 Å². The maximum atomic E-state index is 12.9. The van der Waals surface area contributed by atoms with Gasteiger partial charge in [-0.15, -0.1) is 0 Å². The monoisotopic (exact) mass is 432 g/mol. The van der Waals surface area contributed by atoms with Gasteiger partial charge >= 0.3 is 0 Å². The maximum absolute atomic E-state index is 12.9. The number of amides is 1. The second-order valence-electron chi connectivity index (χ2n) is 6.29. The van der Waals surface area contributed by atoms with E-state index in [1.165, 1.54) is 45.6 Å². The minimum atomic E-state index is -4.32. The van der Waals surface area contributed by atoms with Crippen LogP contribution in [0.25, 0.3) is 6.08 Å². The fraction of sp³-hybridized carbons (Fsp3) is 0.200. The Morgan fingerprint density at radius 3 is 2.03 bits per heavy atom. The van der Waals surface area contributed by atoms with E-state index in [1.54, 1.807) is 25.1 Å². The van der Waals surface area contributed by atoms with Crippen molar-refractivity contribution in [3.8, 4) is 17.2 Å². The van der Waals surface area contributed by atoms with Crippen LogP contribution < -0.4 is 19.2 Å². The van der Waals surface area contributed by atoms with Gasteiger partial charge in [0.15, 0.2) is 11.5 Å². The Morgan fingerprint density at radius 1 is 1.00 bits per heavy atom. The van der Waals surface area contributed by atoms with Gasteiger partial charge in [-0.3, -0.25) is 9.35 Å². The van der Waals surface area contributed by atoms with E-state index in [4.69, 9.17) is 18.8 Å². The first-order valence-electron chi connectivity index (χ1n) is 8.69. The van der Waals surface area contributed by atoms with Crippen LogP contribution in [0.3, 0.4) is 0 Å². The van der Waals surface area contributed by atoms with Gasteiger partial charge in [-0.1, -0.05) is 0 Å². The molecule has 0 fully saturated rings.